The lowest BCUT2D eigenvalue weighted by molar-refractivity contribution is -0.138. The molecule has 120 valence electrons. The van der Waals surface area contributed by atoms with Gasteiger partial charge in [-0.05, 0) is 50.1 Å². The molecule has 2 heterocycles. The number of hydrogen-bond donors (Lipinski definition) is 1. The van der Waals surface area contributed by atoms with Crippen LogP contribution in [-0.4, -0.2) is 50.7 Å². The minimum atomic E-state index is -0.0878. The highest BCUT2D eigenvalue weighted by Gasteiger charge is 2.32. The number of amides is 1. The number of nitrogens with one attached hydrogen (secondary N) is 1. The van der Waals surface area contributed by atoms with Gasteiger partial charge in [-0.2, -0.15) is 0 Å². The Bertz CT molecular complexity index is 547. The highest BCUT2D eigenvalue weighted by atomic mass is 16.5. The zero-order valence-corrected chi connectivity index (χ0v) is 13.3. The van der Waals surface area contributed by atoms with E-state index in [1.165, 1.54) is 0 Å². The highest BCUT2D eigenvalue weighted by Crippen LogP contribution is 2.31. The van der Waals surface area contributed by atoms with Crippen LogP contribution in [0, 0.1) is 5.92 Å². The molecular formula is C17H24N2O3. The van der Waals surface area contributed by atoms with E-state index in [0.717, 1.165) is 49.4 Å². The minimum absolute atomic E-state index is 0.0878. The number of carbonyl (C=O) groups is 1. The quantitative estimate of drug-likeness (QED) is 0.918. The van der Waals surface area contributed by atoms with Crippen LogP contribution in [0.15, 0.2) is 18.2 Å². The van der Waals surface area contributed by atoms with E-state index in [-0.39, 0.29) is 11.8 Å². The Balaban J connectivity index is 1.69. The fourth-order valence-electron chi connectivity index (χ4n) is 3.33. The number of rotatable bonds is 3. The van der Waals surface area contributed by atoms with E-state index < -0.39 is 0 Å². The summed E-state index contributed by atoms with van der Waals surface area (Å²) in [4.78, 5) is 14.8. The molecule has 0 radical (unpaired) electrons. The van der Waals surface area contributed by atoms with Crippen molar-refractivity contribution in [1.82, 2.24) is 10.2 Å². The van der Waals surface area contributed by atoms with Crippen molar-refractivity contribution in [1.29, 1.82) is 0 Å². The molecule has 0 spiro atoms. The van der Waals surface area contributed by atoms with Crippen molar-refractivity contribution in [3.8, 4) is 11.5 Å². The summed E-state index contributed by atoms with van der Waals surface area (Å²) in [7, 11) is 3.62. The molecule has 5 heteroatoms. The topological polar surface area (TPSA) is 50.8 Å². The second-order valence-electron chi connectivity index (χ2n) is 6.10. The number of likely N-dealkylation sites (N-methyl/N-ethyl adjacent to an activating group) is 1. The Morgan fingerprint density at radius 3 is 3.09 bits per heavy atom. The molecule has 5 nitrogen and oxygen atoms in total. The average Bonchev–Trinajstić information content (AvgIpc) is 2.60. The largest absolute Gasteiger partial charge is 0.497 e. The maximum Gasteiger partial charge on any atom is 0.229 e. The number of methoxy groups -OCH3 is 1. The standard InChI is InChI=1S/C17H24N2O3/c1-18-14-4-3-7-19(10-14)17(20)13-8-12-9-15(21-2)5-6-16(12)22-11-13/h5-6,9,13-14,18H,3-4,7-8,10-11H2,1-2H3. The van der Waals surface area contributed by atoms with Crippen molar-refractivity contribution < 1.29 is 14.3 Å². The van der Waals surface area contributed by atoms with Crippen LogP contribution in [-0.2, 0) is 11.2 Å². The van der Waals surface area contributed by atoms with Crippen LogP contribution in [0.5, 0.6) is 11.5 Å². The summed E-state index contributed by atoms with van der Waals surface area (Å²) >= 11 is 0. The van der Waals surface area contributed by atoms with Crippen molar-refractivity contribution in [3.05, 3.63) is 23.8 Å². The number of benzene rings is 1. The fraction of sp³-hybridized carbons (Fsp3) is 0.588. The van der Waals surface area contributed by atoms with Crippen LogP contribution in [0.2, 0.25) is 0 Å². The zero-order valence-electron chi connectivity index (χ0n) is 13.3. The first-order chi connectivity index (χ1) is 10.7. The van der Waals surface area contributed by atoms with Gasteiger partial charge in [0.25, 0.3) is 0 Å². The van der Waals surface area contributed by atoms with Gasteiger partial charge in [-0.1, -0.05) is 0 Å². The summed E-state index contributed by atoms with van der Waals surface area (Å²) in [6.45, 7) is 2.13. The Kier molecular flexibility index (Phi) is 4.52. The zero-order chi connectivity index (χ0) is 15.5. The smallest absolute Gasteiger partial charge is 0.229 e. The highest BCUT2D eigenvalue weighted by molar-refractivity contribution is 5.80. The number of hydrogen-bond acceptors (Lipinski definition) is 4. The molecule has 0 bridgehead atoms. The van der Waals surface area contributed by atoms with Crippen molar-refractivity contribution in [2.75, 3.05) is 33.9 Å². The molecule has 2 unspecified atom stereocenters. The number of likely N-dealkylation sites (tertiary alicyclic amines) is 1. The van der Waals surface area contributed by atoms with E-state index in [4.69, 9.17) is 9.47 Å². The Morgan fingerprint density at radius 1 is 1.45 bits per heavy atom. The third-order valence-electron chi connectivity index (χ3n) is 4.66. The normalized spacial score (nSPS) is 24.4. The summed E-state index contributed by atoms with van der Waals surface area (Å²) in [5, 5.41) is 3.28. The van der Waals surface area contributed by atoms with Crippen molar-refractivity contribution in [3.63, 3.8) is 0 Å². The van der Waals surface area contributed by atoms with E-state index >= 15 is 0 Å². The maximum absolute atomic E-state index is 12.8. The van der Waals surface area contributed by atoms with Crippen LogP contribution in [0.1, 0.15) is 18.4 Å². The molecule has 2 aliphatic heterocycles. The van der Waals surface area contributed by atoms with Crippen LogP contribution in [0.4, 0.5) is 0 Å². The Labute approximate surface area is 131 Å². The summed E-state index contributed by atoms with van der Waals surface area (Å²) in [6, 6.07) is 6.20. The van der Waals surface area contributed by atoms with Gasteiger partial charge in [0, 0.05) is 19.1 Å². The van der Waals surface area contributed by atoms with Gasteiger partial charge in [-0.25, -0.2) is 0 Å². The predicted molar refractivity (Wildman–Crippen MR) is 84.3 cm³/mol. The molecule has 22 heavy (non-hydrogen) atoms. The average molecular weight is 304 g/mol. The molecule has 0 aromatic heterocycles. The number of fused-ring (bicyclic) bond motifs is 1. The number of piperidine rings is 1. The summed E-state index contributed by atoms with van der Waals surface area (Å²) in [5.41, 5.74) is 1.06. The molecule has 1 amide bonds. The second-order valence-corrected chi connectivity index (χ2v) is 6.10. The van der Waals surface area contributed by atoms with Crippen LogP contribution >= 0.6 is 0 Å². The number of nitrogens with zero attached hydrogens (tertiary/aromatic N) is 1. The number of ether oxygens (including phenoxy) is 2. The fourth-order valence-corrected chi connectivity index (χ4v) is 3.33. The molecule has 2 aliphatic rings. The van der Waals surface area contributed by atoms with Gasteiger partial charge in [0.1, 0.15) is 18.1 Å². The summed E-state index contributed by atoms with van der Waals surface area (Å²) < 4.78 is 11.0. The van der Waals surface area contributed by atoms with Gasteiger partial charge in [-0.15, -0.1) is 0 Å². The van der Waals surface area contributed by atoms with Gasteiger partial charge >= 0.3 is 0 Å². The first-order valence-electron chi connectivity index (χ1n) is 7.97. The van der Waals surface area contributed by atoms with E-state index in [0.29, 0.717) is 12.6 Å². The van der Waals surface area contributed by atoms with E-state index in [1.54, 1.807) is 7.11 Å². The van der Waals surface area contributed by atoms with E-state index in [2.05, 4.69) is 5.32 Å². The molecular weight excluding hydrogens is 280 g/mol. The van der Waals surface area contributed by atoms with Crippen molar-refractivity contribution in [2.45, 2.75) is 25.3 Å². The molecule has 1 saturated heterocycles. The molecule has 1 aromatic rings. The Hall–Kier alpha value is -1.75. The lowest BCUT2D eigenvalue weighted by atomic mass is 9.94. The molecule has 0 saturated carbocycles. The molecule has 1 fully saturated rings. The van der Waals surface area contributed by atoms with Gasteiger partial charge in [-0.3, -0.25) is 4.79 Å². The third-order valence-corrected chi connectivity index (χ3v) is 4.66. The van der Waals surface area contributed by atoms with Gasteiger partial charge in [0.2, 0.25) is 5.91 Å². The molecule has 2 atom stereocenters. The van der Waals surface area contributed by atoms with Crippen LogP contribution in [0.3, 0.4) is 0 Å². The monoisotopic (exact) mass is 304 g/mol. The van der Waals surface area contributed by atoms with Crippen molar-refractivity contribution in [2.24, 2.45) is 5.92 Å². The molecule has 3 rings (SSSR count). The van der Waals surface area contributed by atoms with Crippen LogP contribution < -0.4 is 14.8 Å². The van der Waals surface area contributed by atoms with Crippen molar-refractivity contribution >= 4 is 5.91 Å². The Morgan fingerprint density at radius 2 is 2.32 bits per heavy atom. The molecule has 1 N–H and O–H groups in total. The van der Waals surface area contributed by atoms with E-state index in [1.807, 2.05) is 30.1 Å². The van der Waals surface area contributed by atoms with Crippen LogP contribution in [0.25, 0.3) is 0 Å². The van der Waals surface area contributed by atoms with Gasteiger partial charge in [0.05, 0.1) is 13.0 Å². The third kappa shape index (κ3) is 3.04. The predicted octanol–water partition coefficient (Wildman–Crippen LogP) is 1.46. The SMILES string of the molecule is CNC1CCCN(C(=O)C2COc3ccc(OC)cc3C2)C1. The summed E-state index contributed by atoms with van der Waals surface area (Å²) in [5.74, 6) is 1.81. The summed E-state index contributed by atoms with van der Waals surface area (Å²) in [6.07, 6.45) is 2.93. The lowest BCUT2D eigenvalue weighted by Gasteiger charge is -2.36. The first kappa shape index (κ1) is 15.2. The minimum Gasteiger partial charge on any atom is -0.497 e. The molecule has 0 aliphatic carbocycles. The van der Waals surface area contributed by atoms with Gasteiger partial charge in [0.15, 0.2) is 0 Å². The van der Waals surface area contributed by atoms with E-state index in [9.17, 15) is 4.79 Å². The van der Waals surface area contributed by atoms with Gasteiger partial charge < -0.3 is 19.7 Å². The molecule has 1 aromatic carbocycles. The maximum atomic E-state index is 12.8. The number of carbonyl (C=O) groups excluding carboxylic acids is 1. The lowest BCUT2D eigenvalue weighted by Crippen LogP contribution is -2.50. The first-order valence-corrected chi connectivity index (χ1v) is 7.97. The second kappa shape index (κ2) is 6.57.